The summed E-state index contributed by atoms with van der Waals surface area (Å²) in [5, 5.41) is 6.17. The molecular formula is C20H22ClN3O2. The smallest absolute Gasteiger partial charge is 0.319 e. The Morgan fingerprint density at radius 2 is 1.88 bits per heavy atom. The summed E-state index contributed by atoms with van der Waals surface area (Å²) in [6.45, 7) is 3.89. The van der Waals surface area contributed by atoms with Crippen LogP contribution in [-0.4, -0.2) is 29.9 Å². The number of amides is 3. The SMILES string of the molecule is Cc1ccc(Cl)cc1NC(=O)NCc1cccc(C(=O)N2CCCC2)c1. The average Bonchev–Trinajstić information content (AvgIpc) is 3.17. The van der Waals surface area contributed by atoms with Crippen molar-refractivity contribution in [2.24, 2.45) is 0 Å². The summed E-state index contributed by atoms with van der Waals surface area (Å²) in [4.78, 5) is 26.5. The molecule has 0 atom stereocenters. The molecule has 0 aromatic heterocycles. The highest BCUT2D eigenvalue weighted by molar-refractivity contribution is 6.31. The summed E-state index contributed by atoms with van der Waals surface area (Å²) in [6, 6.07) is 12.4. The first-order chi connectivity index (χ1) is 12.5. The molecule has 1 aliphatic rings. The van der Waals surface area contributed by atoms with E-state index in [4.69, 9.17) is 11.6 Å². The number of rotatable bonds is 4. The van der Waals surface area contributed by atoms with E-state index in [1.165, 1.54) is 0 Å². The van der Waals surface area contributed by atoms with Crippen LogP contribution in [0.25, 0.3) is 0 Å². The molecule has 2 aromatic rings. The van der Waals surface area contributed by atoms with Crippen LogP contribution in [0.15, 0.2) is 42.5 Å². The van der Waals surface area contributed by atoms with E-state index in [1.807, 2.05) is 42.2 Å². The Bertz CT molecular complexity index is 816. The summed E-state index contributed by atoms with van der Waals surface area (Å²) < 4.78 is 0. The molecule has 26 heavy (non-hydrogen) atoms. The topological polar surface area (TPSA) is 61.4 Å². The van der Waals surface area contributed by atoms with Crippen molar-refractivity contribution in [3.63, 3.8) is 0 Å². The Balaban J connectivity index is 1.59. The zero-order valence-corrected chi connectivity index (χ0v) is 15.5. The number of aryl methyl sites for hydroxylation is 1. The molecule has 2 N–H and O–H groups in total. The zero-order valence-electron chi connectivity index (χ0n) is 14.7. The van der Waals surface area contributed by atoms with Gasteiger partial charge in [0.15, 0.2) is 0 Å². The van der Waals surface area contributed by atoms with E-state index in [-0.39, 0.29) is 11.9 Å². The third kappa shape index (κ3) is 4.55. The lowest BCUT2D eigenvalue weighted by Crippen LogP contribution is -2.29. The van der Waals surface area contributed by atoms with Crippen LogP contribution in [0, 0.1) is 6.92 Å². The van der Waals surface area contributed by atoms with Gasteiger partial charge in [0.1, 0.15) is 0 Å². The maximum absolute atomic E-state index is 12.5. The summed E-state index contributed by atoms with van der Waals surface area (Å²) in [7, 11) is 0. The highest BCUT2D eigenvalue weighted by Gasteiger charge is 2.19. The Morgan fingerprint density at radius 1 is 1.12 bits per heavy atom. The highest BCUT2D eigenvalue weighted by Crippen LogP contribution is 2.20. The van der Waals surface area contributed by atoms with Crippen LogP contribution in [0.5, 0.6) is 0 Å². The number of hydrogen-bond donors (Lipinski definition) is 2. The van der Waals surface area contributed by atoms with Crippen molar-refractivity contribution in [2.45, 2.75) is 26.3 Å². The Morgan fingerprint density at radius 3 is 2.65 bits per heavy atom. The molecule has 2 aromatic carbocycles. The molecular weight excluding hydrogens is 350 g/mol. The summed E-state index contributed by atoms with van der Waals surface area (Å²) in [5.74, 6) is 0.0587. The van der Waals surface area contributed by atoms with Crippen molar-refractivity contribution in [1.29, 1.82) is 0 Å². The molecule has 1 fully saturated rings. The minimum absolute atomic E-state index is 0.0587. The second-order valence-corrected chi connectivity index (χ2v) is 6.90. The molecule has 3 amide bonds. The number of nitrogens with zero attached hydrogens (tertiary/aromatic N) is 1. The molecule has 0 unspecified atom stereocenters. The van der Waals surface area contributed by atoms with Crippen molar-refractivity contribution in [3.05, 3.63) is 64.2 Å². The monoisotopic (exact) mass is 371 g/mol. The number of nitrogens with one attached hydrogen (secondary N) is 2. The van der Waals surface area contributed by atoms with Gasteiger partial charge in [-0.25, -0.2) is 4.79 Å². The Hall–Kier alpha value is -2.53. The molecule has 1 heterocycles. The highest BCUT2D eigenvalue weighted by atomic mass is 35.5. The molecule has 3 rings (SSSR count). The van der Waals surface area contributed by atoms with E-state index in [1.54, 1.807) is 12.1 Å². The van der Waals surface area contributed by atoms with E-state index in [9.17, 15) is 9.59 Å². The lowest BCUT2D eigenvalue weighted by molar-refractivity contribution is 0.0792. The second-order valence-electron chi connectivity index (χ2n) is 6.47. The van der Waals surface area contributed by atoms with Gasteiger partial charge < -0.3 is 15.5 Å². The van der Waals surface area contributed by atoms with Gasteiger partial charge in [-0.2, -0.15) is 0 Å². The molecule has 0 bridgehead atoms. The first kappa shape index (κ1) is 18.3. The maximum Gasteiger partial charge on any atom is 0.319 e. The lowest BCUT2D eigenvalue weighted by atomic mass is 10.1. The van der Waals surface area contributed by atoms with E-state index >= 15 is 0 Å². The van der Waals surface area contributed by atoms with Gasteiger partial charge in [-0.1, -0.05) is 29.8 Å². The predicted molar refractivity (Wildman–Crippen MR) is 104 cm³/mol. The molecule has 1 aliphatic heterocycles. The van der Waals surface area contributed by atoms with Crippen LogP contribution in [0.2, 0.25) is 5.02 Å². The normalized spacial score (nSPS) is 13.5. The predicted octanol–water partition coefficient (Wildman–Crippen LogP) is 4.21. The number of anilines is 1. The Kier molecular flexibility index (Phi) is 5.78. The van der Waals surface area contributed by atoms with Gasteiger partial charge in [-0.3, -0.25) is 4.79 Å². The number of benzene rings is 2. The first-order valence-electron chi connectivity index (χ1n) is 8.72. The molecule has 6 heteroatoms. The van der Waals surface area contributed by atoms with E-state index in [2.05, 4.69) is 10.6 Å². The van der Waals surface area contributed by atoms with Crippen molar-refractivity contribution in [3.8, 4) is 0 Å². The fraction of sp³-hybridized carbons (Fsp3) is 0.300. The van der Waals surface area contributed by atoms with Gasteiger partial charge in [-0.05, 0) is 55.2 Å². The van der Waals surface area contributed by atoms with Crippen LogP contribution in [0.1, 0.15) is 34.3 Å². The maximum atomic E-state index is 12.5. The molecule has 1 saturated heterocycles. The van der Waals surface area contributed by atoms with Crippen LogP contribution in [0.4, 0.5) is 10.5 Å². The number of carbonyl (C=O) groups is 2. The summed E-state index contributed by atoms with van der Waals surface area (Å²) in [5.41, 5.74) is 3.15. The quantitative estimate of drug-likeness (QED) is 0.845. The van der Waals surface area contributed by atoms with E-state index in [0.29, 0.717) is 22.8 Å². The zero-order chi connectivity index (χ0) is 18.5. The largest absolute Gasteiger partial charge is 0.339 e. The third-order valence-corrected chi connectivity index (χ3v) is 4.70. The molecule has 136 valence electrons. The van der Waals surface area contributed by atoms with Gasteiger partial charge in [0.2, 0.25) is 0 Å². The van der Waals surface area contributed by atoms with Gasteiger partial charge in [0, 0.05) is 35.9 Å². The summed E-state index contributed by atoms with van der Waals surface area (Å²) in [6.07, 6.45) is 2.13. The van der Waals surface area contributed by atoms with Crippen LogP contribution < -0.4 is 10.6 Å². The van der Waals surface area contributed by atoms with Crippen LogP contribution in [0.3, 0.4) is 0 Å². The van der Waals surface area contributed by atoms with E-state index < -0.39 is 0 Å². The summed E-state index contributed by atoms with van der Waals surface area (Å²) >= 11 is 5.97. The van der Waals surface area contributed by atoms with Gasteiger partial charge in [0.05, 0.1) is 0 Å². The molecule has 5 nitrogen and oxygen atoms in total. The van der Waals surface area contributed by atoms with Crippen LogP contribution in [-0.2, 0) is 6.54 Å². The van der Waals surface area contributed by atoms with Crippen molar-refractivity contribution in [2.75, 3.05) is 18.4 Å². The number of urea groups is 1. The number of carbonyl (C=O) groups excluding carboxylic acids is 2. The first-order valence-corrected chi connectivity index (χ1v) is 9.10. The molecule has 0 radical (unpaired) electrons. The number of hydrogen-bond acceptors (Lipinski definition) is 2. The minimum Gasteiger partial charge on any atom is -0.339 e. The van der Waals surface area contributed by atoms with Gasteiger partial charge >= 0.3 is 6.03 Å². The second kappa shape index (κ2) is 8.23. The standard InChI is InChI=1S/C20H22ClN3O2/c1-14-7-8-17(21)12-18(14)23-20(26)22-13-15-5-4-6-16(11-15)19(25)24-9-2-3-10-24/h4-8,11-12H,2-3,9-10,13H2,1H3,(H2,22,23,26). The molecule has 0 spiro atoms. The average molecular weight is 372 g/mol. The van der Waals surface area contributed by atoms with Crippen LogP contribution >= 0.6 is 11.6 Å². The number of halogens is 1. The fourth-order valence-electron chi connectivity index (χ4n) is 2.99. The molecule has 0 aliphatic carbocycles. The van der Waals surface area contributed by atoms with Crippen molar-refractivity contribution >= 4 is 29.2 Å². The van der Waals surface area contributed by atoms with Crippen molar-refractivity contribution in [1.82, 2.24) is 10.2 Å². The van der Waals surface area contributed by atoms with Gasteiger partial charge in [0.25, 0.3) is 5.91 Å². The number of likely N-dealkylation sites (tertiary alicyclic amines) is 1. The van der Waals surface area contributed by atoms with Gasteiger partial charge in [-0.15, -0.1) is 0 Å². The Labute approximate surface area is 158 Å². The minimum atomic E-state index is -0.313. The molecule has 0 saturated carbocycles. The third-order valence-electron chi connectivity index (χ3n) is 4.47. The van der Waals surface area contributed by atoms with E-state index in [0.717, 1.165) is 37.1 Å². The van der Waals surface area contributed by atoms with Crippen molar-refractivity contribution < 1.29 is 9.59 Å². The fourth-order valence-corrected chi connectivity index (χ4v) is 3.17. The lowest BCUT2D eigenvalue weighted by Gasteiger charge is -2.16.